The van der Waals surface area contributed by atoms with E-state index in [4.69, 9.17) is 30.5 Å². The number of rotatable bonds is 13. The molecule has 0 spiro atoms. The topological polar surface area (TPSA) is 121 Å². The Morgan fingerprint density at radius 2 is 1.91 bits per heavy atom. The lowest BCUT2D eigenvalue weighted by Crippen LogP contribution is -2.13. The SMILES string of the molecule is CCn1cc(NC(=O)CCc2sc(-c3ccc(OCOC)cc3OCOC)nc2Cl)c(C(=O)O)c1. The van der Waals surface area contributed by atoms with Gasteiger partial charge in [-0.25, -0.2) is 9.78 Å². The second-order valence-corrected chi connectivity index (χ2v) is 8.70. The number of methoxy groups -OCH3 is 2. The van der Waals surface area contributed by atoms with Crippen LogP contribution in [0.2, 0.25) is 5.15 Å². The van der Waals surface area contributed by atoms with Crippen molar-refractivity contribution in [2.75, 3.05) is 33.1 Å². The van der Waals surface area contributed by atoms with E-state index in [-0.39, 0.29) is 37.2 Å². The predicted octanol–water partition coefficient (Wildman–Crippen LogP) is 4.52. The monoisotopic (exact) mass is 523 g/mol. The smallest absolute Gasteiger partial charge is 0.339 e. The van der Waals surface area contributed by atoms with Crippen molar-refractivity contribution >= 4 is 40.5 Å². The molecule has 10 nitrogen and oxygen atoms in total. The van der Waals surface area contributed by atoms with Gasteiger partial charge < -0.3 is 33.9 Å². The number of carbonyl (C=O) groups excluding carboxylic acids is 1. The highest BCUT2D eigenvalue weighted by Gasteiger charge is 2.19. The van der Waals surface area contributed by atoms with Gasteiger partial charge in [-0.05, 0) is 25.5 Å². The average molecular weight is 524 g/mol. The Morgan fingerprint density at radius 3 is 2.60 bits per heavy atom. The van der Waals surface area contributed by atoms with Crippen molar-refractivity contribution < 1.29 is 33.6 Å². The number of aromatic nitrogens is 2. The Kier molecular flexibility index (Phi) is 9.49. The van der Waals surface area contributed by atoms with Gasteiger partial charge in [-0.1, -0.05) is 11.6 Å². The zero-order valence-corrected chi connectivity index (χ0v) is 21.1. The van der Waals surface area contributed by atoms with Crippen LogP contribution in [0.4, 0.5) is 5.69 Å². The molecule has 2 N–H and O–H groups in total. The molecule has 3 rings (SSSR count). The molecule has 0 atom stereocenters. The number of nitrogens with one attached hydrogen (secondary N) is 1. The molecule has 3 aromatic rings. The lowest BCUT2D eigenvalue weighted by atomic mass is 10.2. The van der Waals surface area contributed by atoms with Crippen molar-refractivity contribution in [3.05, 3.63) is 46.2 Å². The number of hydrogen-bond acceptors (Lipinski definition) is 8. The number of aryl methyl sites for hydroxylation is 2. The summed E-state index contributed by atoms with van der Waals surface area (Å²) in [6, 6.07) is 5.27. The van der Waals surface area contributed by atoms with E-state index < -0.39 is 5.97 Å². The van der Waals surface area contributed by atoms with Gasteiger partial charge in [-0.3, -0.25) is 4.79 Å². The van der Waals surface area contributed by atoms with Crippen LogP contribution in [0.15, 0.2) is 30.6 Å². The highest BCUT2D eigenvalue weighted by atomic mass is 35.5. The Balaban J connectivity index is 1.72. The average Bonchev–Trinajstić information content (AvgIpc) is 3.43. The number of hydrogen-bond donors (Lipinski definition) is 2. The number of nitrogens with zero attached hydrogens (tertiary/aromatic N) is 2. The first-order chi connectivity index (χ1) is 16.9. The van der Waals surface area contributed by atoms with Gasteiger partial charge in [0.1, 0.15) is 27.2 Å². The molecule has 0 aliphatic heterocycles. The summed E-state index contributed by atoms with van der Waals surface area (Å²) in [5, 5.41) is 12.9. The molecular formula is C23H26ClN3O7S. The highest BCUT2D eigenvalue weighted by Crippen LogP contribution is 2.38. The first-order valence-corrected chi connectivity index (χ1v) is 11.8. The van der Waals surface area contributed by atoms with E-state index in [2.05, 4.69) is 10.3 Å². The van der Waals surface area contributed by atoms with Crippen molar-refractivity contribution in [2.45, 2.75) is 26.3 Å². The first-order valence-electron chi connectivity index (χ1n) is 10.6. The Bertz CT molecular complexity index is 1180. The van der Waals surface area contributed by atoms with Gasteiger partial charge in [0, 0.05) is 50.5 Å². The Labute approximate surface area is 211 Å². The maximum Gasteiger partial charge on any atom is 0.339 e. The fourth-order valence-electron chi connectivity index (χ4n) is 3.14. The van der Waals surface area contributed by atoms with E-state index in [0.717, 1.165) is 4.88 Å². The van der Waals surface area contributed by atoms with Gasteiger partial charge in [-0.2, -0.15) is 0 Å². The molecule has 0 saturated heterocycles. The molecule has 1 amide bonds. The summed E-state index contributed by atoms with van der Waals surface area (Å²) >= 11 is 7.70. The third-order valence-corrected chi connectivity index (χ3v) is 6.41. The van der Waals surface area contributed by atoms with Crippen LogP contribution in [0.5, 0.6) is 11.5 Å². The minimum Gasteiger partial charge on any atom is -0.478 e. The molecule has 188 valence electrons. The largest absolute Gasteiger partial charge is 0.478 e. The molecule has 2 aromatic heterocycles. The molecule has 2 heterocycles. The molecule has 0 radical (unpaired) electrons. The summed E-state index contributed by atoms with van der Waals surface area (Å²) in [6.45, 7) is 2.60. The Morgan fingerprint density at radius 1 is 1.17 bits per heavy atom. The molecule has 0 aliphatic carbocycles. The number of amides is 1. The number of carbonyl (C=O) groups is 2. The van der Waals surface area contributed by atoms with Gasteiger partial charge in [0.05, 0.1) is 11.3 Å². The molecule has 0 unspecified atom stereocenters. The minimum absolute atomic E-state index is 0.0327. The van der Waals surface area contributed by atoms with Crippen LogP contribution in [0.3, 0.4) is 0 Å². The second-order valence-electron chi connectivity index (χ2n) is 7.26. The molecule has 12 heteroatoms. The third kappa shape index (κ3) is 6.95. The highest BCUT2D eigenvalue weighted by molar-refractivity contribution is 7.15. The van der Waals surface area contributed by atoms with Crippen molar-refractivity contribution in [1.82, 2.24) is 9.55 Å². The van der Waals surface area contributed by atoms with E-state index in [1.165, 1.54) is 31.8 Å². The maximum atomic E-state index is 12.5. The summed E-state index contributed by atoms with van der Waals surface area (Å²) in [5.41, 5.74) is 0.998. The van der Waals surface area contributed by atoms with Gasteiger partial charge in [0.25, 0.3) is 0 Å². The lowest BCUT2D eigenvalue weighted by Gasteiger charge is -2.12. The predicted molar refractivity (Wildman–Crippen MR) is 132 cm³/mol. The third-order valence-electron chi connectivity index (χ3n) is 4.84. The number of carboxylic acid groups (broad SMARTS) is 1. The maximum absolute atomic E-state index is 12.5. The van der Waals surface area contributed by atoms with Crippen LogP contribution >= 0.6 is 22.9 Å². The van der Waals surface area contributed by atoms with Crippen molar-refractivity contribution in [2.24, 2.45) is 0 Å². The van der Waals surface area contributed by atoms with Gasteiger partial charge in [-0.15, -0.1) is 11.3 Å². The summed E-state index contributed by atoms with van der Waals surface area (Å²) in [4.78, 5) is 29.1. The number of benzene rings is 1. The number of halogens is 1. The summed E-state index contributed by atoms with van der Waals surface area (Å²) in [7, 11) is 3.05. The van der Waals surface area contributed by atoms with Crippen LogP contribution in [0, 0.1) is 0 Å². The molecule has 0 aliphatic rings. The first kappa shape index (κ1) is 26.5. The summed E-state index contributed by atoms with van der Waals surface area (Å²) in [6.07, 6.45) is 3.52. The van der Waals surface area contributed by atoms with Crippen molar-refractivity contribution in [3.8, 4) is 22.1 Å². The zero-order chi connectivity index (χ0) is 25.4. The van der Waals surface area contributed by atoms with Crippen molar-refractivity contribution in [3.63, 3.8) is 0 Å². The molecule has 0 saturated carbocycles. The van der Waals surface area contributed by atoms with E-state index in [9.17, 15) is 14.7 Å². The molecule has 1 aromatic carbocycles. The van der Waals surface area contributed by atoms with Crippen LogP contribution in [0.1, 0.15) is 28.6 Å². The molecular weight excluding hydrogens is 498 g/mol. The van der Waals surface area contributed by atoms with Gasteiger partial charge >= 0.3 is 5.97 Å². The van der Waals surface area contributed by atoms with E-state index in [1.54, 1.807) is 29.0 Å². The van der Waals surface area contributed by atoms with Crippen LogP contribution in [0.25, 0.3) is 10.6 Å². The van der Waals surface area contributed by atoms with Crippen LogP contribution < -0.4 is 14.8 Å². The number of carboxylic acids is 1. The summed E-state index contributed by atoms with van der Waals surface area (Å²) in [5.74, 6) is -0.375. The molecule has 0 fully saturated rings. The van der Waals surface area contributed by atoms with E-state index in [1.807, 2.05) is 6.92 Å². The number of aromatic carboxylic acids is 1. The standard InChI is InChI=1S/C23H26ClN3O7S/c1-4-27-10-16(23(29)30)17(11-27)25-20(28)8-7-19-21(24)26-22(35-19)15-6-5-14(33-12-31-2)9-18(15)34-13-32-3/h5-6,9-11H,4,7-8,12-13H2,1-3H3,(H,25,28)(H,29,30). The van der Waals surface area contributed by atoms with Crippen LogP contribution in [-0.4, -0.2) is 54.3 Å². The van der Waals surface area contributed by atoms with Crippen LogP contribution in [-0.2, 0) is 27.2 Å². The normalized spacial score (nSPS) is 10.9. The molecule has 0 bridgehead atoms. The number of ether oxygens (including phenoxy) is 4. The van der Waals surface area contributed by atoms with Crippen molar-refractivity contribution in [1.29, 1.82) is 0 Å². The zero-order valence-electron chi connectivity index (χ0n) is 19.5. The minimum atomic E-state index is -1.10. The van der Waals surface area contributed by atoms with E-state index >= 15 is 0 Å². The Hall–Kier alpha value is -3.12. The fourth-order valence-corrected chi connectivity index (χ4v) is 4.47. The quantitative estimate of drug-likeness (QED) is 0.314. The lowest BCUT2D eigenvalue weighted by molar-refractivity contribution is -0.116. The molecule has 35 heavy (non-hydrogen) atoms. The van der Waals surface area contributed by atoms with Gasteiger partial charge in [0.2, 0.25) is 5.91 Å². The summed E-state index contributed by atoms with van der Waals surface area (Å²) < 4.78 is 22.8. The number of thiazole rings is 1. The fraction of sp³-hybridized carbons (Fsp3) is 0.348. The van der Waals surface area contributed by atoms with E-state index in [0.29, 0.717) is 40.2 Å². The number of anilines is 1. The second kappa shape index (κ2) is 12.5. The van der Waals surface area contributed by atoms with Gasteiger partial charge in [0.15, 0.2) is 13.6 Å².